The van der Waals surface area contributed by atoms with Gasteiger partial charge < -0.3 is 15.5 Å². The number of aromatic nitrogens is 2. The highest BCUT2D eigenvalue weighted by Crippen LogP contribution is 2.21. The molecule has 2 N–H and O–H groups in total. The molecule has 24 heavy (non-hydrogen) atoms. The number of para-hydroxylation sites is 1. The molecule has 3 aromatic rings. The van der Waals surface area contributed by atoms with Crippen LogP contribution in [-0.2, 0) is 0 Å². The van der Waals surface area contributed by atoms with Crippen LogP contribution in [0.15, 0.2) is 60.7 Å². The number of nitrogens with zero attached hydrogens (tertiary/aromatic N) is 3. The summed E-state index contributed by atoms with van der Waals surface area (Å²) in [5, 5.41) is 6.55. The molecule has 0 fully saturated rings. The molecule has 0 atom stereocenters. The summed E-state index contributed by atoms with van der Waals surface area (Å²) < 4.78 is 0. The van der Waals surface area contributed by atoms with E-state index in [0.29, 0.717) is 5.95 Å². The van der Waals surface area contributed by atoms with E-state index in [-0.39, 0.29) is 0 Å². The molecule has 0 aliphatic rings. The number of nitrogens with one attached hydrogen (secondary N) is 2. The second-order valence-corrected chi connectivity index (χ2v) is 5.78. The maximum absolute atomic E-state index is 4.54. The molecule has 5 nitrogen and oxygen atoms in total. The summed E-state index contributed by atoms with van der Waals surface area (Å²) >= 11 is 0. The first-order chi connectivity index (χ1) is 11.6. The van der Waals surface area contributed by atoms with Crippen molar-refractivity contribution in [3.8, 4) is 0 Å². The molecule has 0 unspecified atom stereocenters. The number of aryl methyl sites for hydroxylation is 1. The van der Waals surface area contributed by atoms with Gasteiger partial charge in [0.2, 0.25) is 5.95 Å². The molecule has 0 aliphatic heterocycles. The Morgan fingerprint density at radius 3 is 2.12 bits per heavy atom. The molecule has 0 bridgehead atoms. The first kappa shape index (κ1) is 15.8. The Balaban J connectivity index is 1.78. The van der Waals surface area contributed by atoms with E-state index in [1.54, 1.807) is 0 Å². The lowest BCUT2D eigenvalue weighted by Crippen LogP contribution is -2.08. The molecule has 2 aromatic carbocycles. The van der Waals surface area contributed by atoms with Gasteiger partial charge in [-0.05, 0) is 43.3 Å². The van der Waals surface area contributed by atoms with Crippen molar-refractivity contribution in [3.05, 3.63) is 66.4 Å². The Labute approximate surface area is 142 Å². The van der Waals surface area contributed by atoms with Gasteiger partial charge in [0.15, 0.2) is 0 Å². The lowest BCUT2D eigenvalue weighted by molar-refractivity contribution is 1.11. The molecular weight excluding hydrogens is 298 g/mol. The fourth-order valence-corrected chi connectivity index (χ4v) is 2.33. The fraction of sp³-hybridized carbons (Fsp3) is 0.158. The predicted molar refractivity (Wildman–Crippen MR) is 101 cm³/mol. The van der Waals surface area contributed by atoms with E-state index in [9.17, 15) is 0 Å². The topological polar surface area (TPSA) is 53.1 Å². The minimum atomic E-state index is 0.577. The minimum Gasteiger partial charge on any atom is -0.378 e. The van der Waals surface area contributed by atoms with Crippen molar-refractivity contribution < 1.29 is 0 Å². The molecule has 0 radical (unpaired) electrons. The third-order valence-electron chi connectivity index (χ3n) is 3.54. The first-order valence-corrected chi connectivity index (χ1v) is 7.82. The van der Waals surface area contributed by atoms with Crippen molar-refractivity contribution >= 4 is 28.8 Å². The van der Waals surface area contributed by atoms with Crippen LogP contribution in [0.5, 0.6) is 0 Å². The van der Waals surface area contributed by atoms with Crippen LogP contribution in [0.3, 0.4) is 0 Å². The highest BCUT2D eigenvalue weighted by atomic mass is 15.1. The second-order valence-electron chi connectivity index (χ2n) is 5.78. The van der Waals surface area contributed by atoms with Crippen LogP contribution in [0, 0.1) is 6.92 Å². The number of anilines is 5. The van der Waals surface area contributed by atoms with Gasteiger partial charge in [0.25, 0.3) is 0 Å². The highest BCUT2D eigenvalue weighted by molar-refractivity contribution is 5.62. The molecule has 0 saturated heterocycles. The zero-order valence-corrected chi connectivity index (χ0v) is 14.1. The maximum Gasteiger partial charge on any atom is 0.229 e. The maximum atomic E-state index is 4.54. The molecular formula is C19H21N5. The van der Waals surface area contributed by atoms with Crippen LogP contribution in [0.4, 0.5) is 28.8 Å². The van der Waals surface area contributed by atoms with Gasteiger partial charge in [0, 0.05) is 42.9 Å². The van der Waals surface area contributed by atoms with Crippen LogP contribution in [0.2, 0.25) is 0 Å². The SMILES string of the molecule is Cc1cc(Nc2ccc(N(C)C)cc2)nc(Nc2ccccc2)n1. The third kappa shape index (κ3) is 4.01. The van der Waals surface area contributed by atoms with Gasteiger partial charge in [0.1, 0.15) is 5.82 Å². The molecule has 1 aromatic heterocycles. The summed E-state index contributed by atoms with van der Waals surface area (Å²) in [4.78, 5) is 11.0. The normalized spacial score (nSPS) is 10.3. The Bertz CT molecular complexity index is 798. The third-order valence-corrected chi connectivity index (χ3v) is 3.54. The van der Waals surface area contributed by atoms with Crippen LogP contribution < -0.4 is 15.5 Å². The highest BCUT2D eigenvalue weighted by Gasteiger charge is 2.04. The molecule has 122 valence electrons. The van der Waals surface area contributed by atoms with E-state index in [1.807, 2.05) is 69.6 Å². The number of benzene rings is 2. The molecule has 0 spiro atoms. The van der Waals surface area contributed by atoms with Crippen molar-refractivity contribution in [1.29, 1.82) is 0 Å². The zero-order valence-electron chi connectivity index (χ0n) is 14.1. The van der Waals surface area contributed by atoms with E-state index in [0.717, 1.165) is 28.6 Å². The predicted octanol–water partition coefficient (Wildman–Crippen LogP) is 4.34. The Hall–Kier alpha value is -3.08. The van der Waals surface area contributed by atoms with Gasteiger partial charge in [0.05, 0.1) is 0 Å². The number of hydrogen-bond acceptors (Lipinski definition) is 5. The van der Waals surface area contributed by atoms with Crippen molar-refractivity contribution in [2.24, 2.45) is 0 Å². The van der Waals surface area contributed by atoms with Crippen molar-refractivity contribution in [2.45, 2.75) is 6.92 Å². The summed E-state index contributed by atoms with van der Waals surface area (Å²) in [6.07, 6.45) is 0. The van der Waals surface area contributed by atoms with Gasteiger partial charge in [-0.3, -0.25) is 0 Å². The Morgan fingerprint density at radius 1 is 0.792 bits per heavy atom. The van der Waals surface area contributed by atoms with Crippen LogP contribution in [-0.4, -0.2) is 24.1 Å². The van der Waals surface area contributed by atoms with E-state index in [4.69, 9.17) is 0 Å². The second kappa shape index (κ2) is 7.00. The van der Waals surface area contributed by atoms with Crippen LogP contribution in [0.1, 0.15) is 5.69 Å². The van der Waals surface area contributed by atoms with Gasteiger partial charge in [-0.2, -0.15) is 4.98 Å². The average molecular weight is 319 g/mol. The summed E-state index contributed by atoms with van der Waals surface area (Å²) in [5.74, 6) is 1.34. The van der Waals surface area contributed by atoms with Crippen molar-refractivity contribution in [1.82, 2.24) is 9.97 Å². The van der Waals surface area contributed by atoms with Crippen molar-refractivity contribution in [3.63, 3.8) is 0 Å². The Morgan fingerprint density at radius 2 is 1.46 bits per heavy atom. The molecule has 3 rings (SSSR count). The summed E-state index contributed by atoms with van der Waals surface area (Å²) in [7, 11) is 4.05. The Kier molecular flexibility index (Phi) is 4.61. The monoisotopic (exact) mass is 319 g/mol. The van der Waals surface area contributed by atoms with Crippen LogP contribution in [0.25, 0.3) is 0 Å². The standard InChI is InChI=1S/C19H21N5/c1-14-13-18(21-16-9-11-17(12-10-16)24(2)3)23-19(20-14)22-15-7-5-4-6-8-15/h4-13H,1-3H3,(H2,20,21,22,23). The van der Waals surface area contributed by atoms with Gasteiger partial charge in [-0.1, -0.05) is 18.2 Å². The number of rotatable bonds is 5. The quantitative estimate of drug-likeness (QED) is 0.733. The van der Waals surface area contributed by atoms with E-state index in [1.165, 1.54) is 0 Å². The van der Waals surface area contributed by atoms with Crippen LogP contribution >= 0.6 is 0 Å². The van der Waals surface area contributed by atoms with E-state index < -0.39 is 0 Å². The summed E-state index contributed by atoms with van der Waals surface area (Å²) in [6, 6.07) is 20.0. The molecule has 0 saturated carbocycles. The molecule has 1 heterocycles. The van der Waals surface area contributed by atoms with E-state index >= 15 is 0 Å². The van der Waals surface area contributed by atoms with E-state index in [2.05, 4.69) is 37.6 Å². The summed E-state index contributed by atoms with van der Waals surface area (Å²) in [5.41, 5.74) is 4.01. The molecule has 0 amide bonds. The van der Waals surface area contributed by atoms with Gasteiger partial charge in [-0.25, -0.2) is 4.98 Å². The first-order valence-electron chi connectivity index (χ1n) is 7.82. The van der Waals surface area contributed by atoms with Gasteiger partial charge >= 0.3 is 0 Å². The smallest absolute Gasteiger partial charge is 0.229 e. The molecule has 5 heteroatoms. The minimum absolute atomic E-state index is 0.577. The summed E-state index contributed by atoms with van der Waals surface area (Å²) in [6.45, 7) is 1.96. The lowest BCUT2D eigenvalue weighted by Gasteiger charge is -2.14. The lowest BCUT2D eigenvalue weighted by atomic mass is 10.2. The fourth-order valence-electron chi connectivity index (χ4n) is 2.33. The van der Waals surface area contributed by atoms with Crippen molar-refractivity contribution in [2.75, 3.05) is 29.6 Å². The number of hydrogen-bond donors (Lipinski definition) is 2. The zero-order chi connectivity index (χ0) is 16.9. The molecule has 0 aliphatic carbocycles. The average Bonchev–Trinajstić information content (AvgIpc) is 2.55. The van der Waals surface area contributed by atoms with Gasteiger partial charge in [-0.15, -0.1) is 0 Å². The largest absolute Gasteiger partial charge is 0.378 e.